The quantitative estimate of drug-likeness (QED) is 0.440. The minimum atomic E-state index is -1.01. The molecule has 1 aliphatic carbocycles. The van der Waals surface area contributed by atoms with E-state index in [1.165, 1.54) is 6.07 Å². The van der Waals surface area contributed by atoms with E-state index in [1.807, 2.05) is 24.3 Å². The second-order valence-corrected chi connectivity index (χ2v) is 10.7. The number of nitrogens with one attached hydrogen (secondary N) is 2. The molecule has 182 valence electrons. The Balaban J connectivity index is 1.54. The first-order valence-electron chi connectivity index (χ1n) is 11.3. The first-order chi connectivity index (χ1) is 16.0. The van der Waals surface area contributed by atoms with Crippen LogP contribution in [0.5, 0.6) is 0 Å². The molecular weight excluding hydrogens is 475 g/mol. The Morgan fingerprint density at radius 1 is 0.941 bits per heavy atom. The third-order valence-corrected chi connectivity index (χ3v) is 7.06. The zero-order valence-electron chi connectivity index (χ0n) is 19.5. The number of carbonyl (C=O) groups is 3. The van der Waals surface area contributed by atoms with Crippen molar-refractivity contribution in [3.63, 3.8) is 0 Å². The van der Waals surface area contributed by atoms with Crippen LogP contribution in [-0.4, -0.2) is 28.9 Å². The normalized spacial score (nSPS) is 19.2. The summed E-state index contributed by atoms with van der Waals surface area (Å²) in [5.41, 5.74) is 1.70. The van der Waals surface area contributed by atoms with Crippen molar-refractivity contribution in [2.75, 3.05) is 5.32 Å². The number of aliphatic carboxylic acids is 1. The molecule has 8 heteroatoms. The van der Waals surface area contributed by atoms with Crippen molar-refractivity contribution in [3.05, 3.63) is 63.6 Å². The van der Waals surface area contributed by atoms with Crippen molar-refractivity contribution in [2.24, 2.45) is 11.3 Å². The van der Waals surface area contributed by atoms with Crippen LogP contribution in [0.4, 0.5) is 5.69 Å². The van der Waals surface area contributed by atoms with Crippen LogP contribution in [0.3, 0.4) is 0 Å². The van der Waals surface area contributed by atoms with Crippen molar-refractivity contribution in [3.8, 4) is 0 Å². The molecule has 1 atom stereocenters. The SMILES string of the molecule is CC(C)(C)[C@H](NC(=O)C1CCC(c2ccc(NC(=O)c3ccc(Cl)c(Cl)c3)cc2)CC1)C(=O)O. The number of rotatable bonds is 6. The summed E-state index contributed by atoms with van der Waals surface area (Å²) in [6.07, 6.45) is 3.12. The van der Waals surface area contributed by atoms with Gasteiger partial charge in [-0.05, 0) is 72.9 Å². The van der Waals surface area contributed by atoms with Gasteiger partial charge in [-0.15, -0.1) is 0 Å². The molecule has 0 unspecified atom stereocenters. The highest BCUT2D eigenvalue weighted by Crippen LogP contribution is 2.36. The number of amides is 2. The molecule has 0 radical (unpaired) electrons. The average molecular weight is 505 g/mol. The number of hydrogen-bond acceptors (Lipinski definition) is 3. The molecule has 2 aromatic rings. The highest BCUT2D eigenvalue weighted by atomic mass is 35.5. The summed E-state index contributed by atoms with van der Waals surface area (Å²) in [6, 6.07) is 11.5. The van der Waals surface area contributed by atoms with Crippen molar-refractivity contribution in [2.45, 2.75) is 58.4 Å². The van der Waals surface area contributed by atoms with E-state index in [2.05, 4.69) is 10.6 Å². The van der Waals surface area contributed by atoms with E-state index in [-0.39, 0.29) is 17.7 Å². The molecule has 1 saturated carbocycles. The molecule has 2 amide bonds. The molecule has 0 aliphatic heterocycles. The lowest BCUT2D eigenvalue weighted by Gasteiger charge is -2.32. The summed E-state index contributed by atoms with van der Waals surface area (Å²) in [5.74, 6) is -1.32. The Bertz CT molecular complexity index is 1060. The second-order valence-electron chi connectivity index (χ2n) is 9.90. The summed E-state index contributed by atoms with van der Waals surface area (Å²) in [7, 11) is 0. The lowest BCUT2D eigenvalue weighted by atomic mass is 9.78. The zero-order valence-corrected chi connectivity index (χ0v) is 21.0. The maximum absolute atomic E-state index is 12.7. The first-order valence-corrected chi connectivity index (χ1v) is 12.1. The van der Waals surface area contributed by atoms with Crippen molar-refractivity contribution < 1.29 is 19.5 Å². The summed E-state index contributed by atoms with van der Waals surface area (Å²) in [5, 5.41) is 15.8. The van der Waals surface area contributed by atoms with Crippen molar-refractivity contribution in [1.29, 1.82) is 0 Å². The van der Waals surface area contributed by atoms with Crippen LogP contribution >= 0.6 is 23.2 Å². The van der Waals surface area contributed by atoms with Crippen LogP contribution in [0.15, 0.2) is 42.5 Å². The Labute approximate surface area is 210 Å². The lowest BCUT2D eigenvalue weighted by Crippen LogP contribution is -2.51. The molecule has 0 heterocycles. The molecule has 34 heavy (non-hydrogen) atoms. The third kappa shape index (κ3) is 6.51. The molecule has 6 nitrogen and oxygen atoms in total. The number of carbonyl (C=O) groups excluding carboxylic acids is 2. The van der Waals surface area contributed by atoms with E-state index in [9.17, 15) is 19.5 Å². The molecule has 3 rings (SSSR count). The standard InChI is InChI=1S/C26H30Cl2N2O4/c1-26(2,3)22(25(33)34)30-23(31)17-6-4-15(5-7-17)16-8-11-19(12-9-16)29-24(32)18-10-13-20(27)21(28)14-18/h8-15,17,22H,4-7H2,1-3H3,(H,29,32)(H,30,31)(H,33,34)/t15?,17?,22-/m1/s1. The summed E-state index contributed by atoms with van der Waals surface area (Å²) in [4.78, 5) is 36.7. The molecule has 0 aromatic heterocycles. The molecule has 0 saturated heterocycles. The fourth-order valence-corrected chi connectivity index (χ4v) is 4.58. The molecular formula is C26H30Cl2N2O4. The van der Waals surface area contributed by atoms with Crippen LogP contribution in [0.1, 0.15) is 68.3 Å². The molecule has 0 spiro atoms. The average Bonchev–Trinajstić information content (AvgIpc) is 2.78. The van der Waals surface area contributed by atoms with Gasteiger partial charge in [-0.25, -0.2) is 4.79 Å². The van der Waals surface area contributed by atoms with Gasteiger partial charge in [0.05, 0.1) is 10.0 Å². The topological polar surface area (TPSA) is 95.5 Å². The van der Waals surface area contributed by atoms with Gasteiger partial charge in [0, 0.05) is 17.2 Å². The monoisotopic (exact) mass is 504 g/mol. The summed E-state index contributed by atoms with van der Waals surface area (Å²) >= 11 is 11.9. The fourth-order valence-electron chi connectivity index (χ4n) is 4.28. The van der Waals surface area contributed by atoms with Crippen LogP contribution in [0.2, 0.25) is 10.0 Å². The Hall–Kier alpha value is -2.57. The molecule has 0 bridgehead atoms. The Morgan fingerprint density at radius 3 is 2.09 bits per heavy atom. The zero-order chi connectivity index (χ0) is 25.0. The van der Waals surface area contributed by atoms with E-state index in [0.29, 0.717) is 40.1 Å². The third-order valence-electron chi connectivity index (χ3n) is 6.32. The van der Waals surface area contributed by atoms with Gasteiger partial charge in [0.25, 0.3) is 5.91 Å². The molecule has 1 fully saturated rings. The van der Waals surface area contributed by atoms with Crippen molar-refractivity contribution in [1.82, 2.24) is 5.32 Å². The second kappa shape index (κ2) is 10.8. The molecule has 1 aliphatic rings. The lowest BCUT2D eigenvalue weighted by molar-refractivity contribution is -0.145. The van der Waals surface area contributed by atoms with Crippen LogP contribution in [0, 0.1) is 11.3 Å². The smallest absolute Gasteiger partial charge is 0.326 e. The van der Waals surface area contributed by atoms with E-state index in [1.54, 1.807) is 32.9 Å². The Kier molecular flexibility index (Phi) is 8.26. The molecule has 2 aromatic carbocycles. The van der Waals surface area contributed by atoms with Crippen LogP contribution < -0.4 is 10.6 Å². The van der Waals surface area contributed by atoms with E-state index >= 15 is 0 Å². The van der Waals surface area contributed by atoms with Gasteiger partial charge in [0.1, 0.15) is 6.04 Å². The number of carboxylic acids is 1. The van der Waals surface area contributed by atoms with Crippen molar-refractivity contribution >= 4 is 46.7 Å². The van der Waals surface area contributed by atoms with E-state index < -0.39 is 17.4 Å². The van der Waals surface area contributed by atoms with Gasteiger partial charge in [0.2, 0.25) is 5.91 Å². The van der Waals surface area contributed by atoms with E-state index in [0.717, 1.165) is 18.4 Å². The van der Waals surface area contributed by atoms with Crippen LogP contribution in [-0.2, 0) is 9.59 Å². The number of hydrogen-bond donors (Lipinski definition) is 3. The highest BCUT2D eigenvalue weighted by Gasteiger charge is 2.35. The van der Waals surface area contributed by atoms with Gasteiger partial charge in [-0.3, -0.25) is 9.59 Å². The van der Waals surface area contributed by atoms with E-state index in [4.69, 9.17) is 23.2 Å². The Morgan fingerprint density at radius 2 is 1.56 bits per heavy atom. The first kappa shape index (κ1) is 26.0. The van der Waals surface area contributed by atoms with Gasteiger partial charge in [0.15, 0.2) is 0 Å². The summed E-state index contributed by atoms with van der Waals surface area (Å²) in [6.45, 7) is 5.42. The predicted octanol–water partition coefficient (Wildman–Crippen LogP) is 6.14. The van der Waals surface area contributed by atoms with Crippen LogP contribution in [0.25, 0.3) is 0 Å². The minimum absolute atomic E-state index is 0.176. The van der Waals surface area contributed by atoms with Gasteiger partial charge in [-0.2, -0.15) is 0 Å². The number of benzene rings is 2. The maximum atomic E-state index is 12.7. The van der Waals surface area contributed by atoms with Gasteiger partial charge < -0.3 is 15.7 Å². The van der Waals surface area contributed by atoms with Gasteiger partial charge in [-0.1, -0.05) is 56.1 Å². The number of carboxylic acid groups (broad SMARTS) is 1. The minimum Gasteiger partial charge on any atom is -0.480 e. The summed E-state index contributed by atoms with van der Waals surface area (Å²) < 4.78 is 0. The number of anilines is 1. The predicted molar refractivity (Wildman–Crippen MR) is 135 cm³/mol. The number of halogens is 2. The molecule has 3 N–H and O–H groups in total. The largest absolute Gasteiger partial charge is 0.480 e. The fraction of sp³-hybridized carbons (Fsp3) is 0.423. The highest BCUT2D eigenvalue weighted by molar-refractivity contribution is 6.42. The van der Waals surface area contributed by atoms with Gasteiger partial charge >= 0.3 is 5.97 Å². The maximum Gasteiger partial charge on any atom is 0.326 e.